The van der Waals surface area contributed by atoms with Crippen molar-refractivity contribution in [2.75, 3.05) is 13.2 Å². The van der Waals surface area contributed by atoms with Crippen LogP contribution in [0.15, 0.2) is 97.2 Å². The first-order valence-electron chi connectivity index (χ1n) is 35.7. The molecule has 0 amide bonds. The number of ether oxygens (including phenoxy) is 3. The van der Waals surface area contributed by atoms with Gasteiger partial charge in [-0.3, -0.25) is 14.4 Å². The van der Waals surface area contributed by atoms with Gasteiger partial charge >= 0.3 is 17.9 Å². The van der Waals surface area contributed by atoms with Gasteiger partial charge in [0.1, 0.15) is 13.2 Å². The lowest BCUT2D eigenvalue weighted by molar-refractivity contribution is -0.167. The van der Waals surface area contributed by atoms with Crippen molar-refractivity contribution in [1.82, 2.24) is 0 Å². The number of allylic oxidation sites excluding steroid dienone is 16. The van der Waals surface area contributed by atoms with Crippen LogP contribution in [0.5, 0.6) is 0 Å². The van der Waals surface area contributed by atoms with Gasteiger partial charge < -0.3 is 14.2 Å². The molecule has 0 bridgehead atoms. The SMILES string of the molecule is CC/C=C\C/C=C\C/C=C\C/C=C\CCCCCCCCCCCCC(=O)OCC(COC(=O)CCCCCCCC/C=C\C/C=C\C/C=C\CCCCC)OC(=O)CCCCCCCCCCCCC/C=C\CCCCCCCCCC. The minimum atomic E-state index is -0.788. The van der Waals surface area contributed by atoms with E-state index in [1.165, 1.54) is 212 Å². The summed E-state index contributed by atoms with van der Waals surface area (Å²) in [5.74, 6) is -0.883. The van der Waals surface area contributed by atoms with Gasteiger partial charge in [-0.25, -0.2) is 0 Å². The molecular formula is C77H134O6. The number of carbonyl (C=O) groups is 3. The van der Waals surface area contributed by atoms with E-state index in [1.807, 2.05) is 0 Å². The fraction of sp³-hybridized carbons (Fsp3) is 0.753. The second-order valence-electron chi connectivity index (χ2n) is 23.8. The highest BCUT2D eigenvalue weighted by Crippen LogP contribution is 2.17. The number of esters is 3. The lowest BCUT2D eigenvalue weighted by Crippen LogP contribution is -2.30. The van der Waals surface area contributed by atoms with Crippen LogP contribution in [-0.2, 0) is 28.6 Å². The van der Waals surface area contributed by atoms with Gasteiger partial charge in [0.25, 0.3) is 0 Å². The predicted octanol–water partition coefficient (Wildman–Crippen LogP) is 24.8. The van der Waals surface area contributed by atoms with Crippen molar-refractivity contribution in [3.05, 3.63) is 97.2 Å². The first-order valence-corrected chi connectivity index (χ1v) is 35.7. The van der Waals surface area contributed by atoms with Crippen molar-refractivity contribution in [3.63, 3.8) is 0 Å². The van der Waals surface area contributed by atoms with Gasteiger partial charge in [-0.1, -0.05) is 311 Å². The molecule has 0 fully saturated rings. The molecule has 0 saturated carbocycles. The predicted molar refractivity (Wildman–Crippen MR) is 362 cm³/mol. The first-order chi connectivity index (χ1) is 41.0. The molecule has 0 aliphatic carbocycles. The first kappa shape index (κ1) is 79.3. The topological polar surface area (TPSA) is 78.9 Å². The Labute approximate surface area is 515 Å². The minimum Gasteiger partial charge on any atom is -0.462 e. The molecule has 6 nitrogen and oxygen atoms in total. The van der Waals surface area contributed by atoms with E-state index in [0.717, 1.165) is 103 Å². The monoisotopic (exact) mass is 1160 g/mol. The highest BCUT2D eigenvalue weighted by atomic mass is 16.6. The van der Waals surface area contributed by atoms with Crippen LogP contribution in [0, 0.1) is 0 Å². The average molecular weight is 1160 g/mol. The molecule has 6 heteroatoms. The molecule has 1 unspecified atom stereocenters. The van der Waals surface area contributed by atoms with E-state index < -0.39 is 6.10 Å². The van der Waals surface area contributed by atoms with Gasteiger partial charge in [0.05, 0.1) is 0 Å². The van der Waals surface area contributed by atoms with Crippen molar-refractivity contribution in [3.8, 4) is 0 Å². The number of carbonyl (C=O) groups excluding carboxylic acids is 3. The summed E-state index contributed by atoms with van der Waals surface area (Å²) in [5, 5.41) is 0. The van der Waals surface area contributed by atoms with Crippen LogP contribution in [0.2, 0.25) is 0 Å². The number of hydrogen-bond donors (Lipinski definition) is 0. The zero-order chi connectivity index (χ0) is 59.9. The summed E-state index contributed by atoms with van der Waals surface area (Å²) in [6.45, 7) is 6.53. The second kappa shape index (κ2) is 70.8. The lowest BCUT2D eigenvalue weighted by Gasteiger charge is -2.18. The number of hydrogen-bond acceptors (Lipinski definition) is 6. The van der Waals surface area contributed by atoms with E-state index in [9.17, 15) is 14.4 Å². The van der Waals surface area contributed by atoms with E-state index in [4.69, 9.17) is 14.2 Å². The van der Waals surface area contributed by atoms with E-state index in [0.29, 0.717) is 19.3 Å². The molecule has 1 atom stereocenters. The van der Waals surface area contributed by atoms with E-state index in [-0.39, 0.29) is 31.1 Å². The van der Waals surface area contributed by atoms with Crippen molar-refractivity contribution < 1.29 is 28.6 Å². The molecule has 0 aromatic carbocycles. The van der Waals surface area contributed by atoms with Crippen LogP contribution in [-0.4, -0.2) is 37.2 Å². The molecular weight excluding hydrogens is 1020 g/mol. The Morgan fingerprint density at radius 2 is 0.470 bits per heavy atom. The second-order valence-corrected chi connectivity index (χ2v) is 23.8. The maximum atomic E-state index is 13.0. The van der Waals surface area contributed by atoms with Crippen LogP contribution in [0.25, 0.3) is 0 Å². The highest BCUT2D eigenvalue weighted by Gasteiger charge is 2.19. The quantitative estimate of drug-likeness (QED) is 0.0261. The smallest absolute Gasteiger partial charge is 0.306 e. The van der Waals surface area contributed by atoms with Gasteiger partial charge in [-0.05, 0) is 122 Å². The zero-order valence-electron chi connectivity index (χ0n) is 54.9. The third-order valence-electron chi connectivity index (χ3n) is 15.5. The summed E-state index contributed by atoms with van der Waals surface area (Å²) in [7, 11) is 0. The molecule has 0 rings (SSSR count). The van der Waals surface area contributed by atoms with Gasteiger partial charge in [-0.2, -0.15) is 0 Å². The summed E-state index contributed by atoms with van der Waals surface area (Å²) in [6, 6.07) is 0. The molecule has 0 aliphatic heterocycles. The summed E-state index contributed by atoms with van der Waals surface area (Å²) in [5.41, 5.74) is 0. The summed E-state index contributed by atoms with van der Waals surface area (Å²) < 4.78 is 17.0. The van der Waals surface area contributed by atoms with Gasteiger partial charge in [0, 0.05) is 19.3 Å². The maximum absolute atomic E-state index is 13.0. The van der Waals surface area contributed by atoms with Crippen molar-refractivity contribution in [1.29, 1.82) is 0 Å². The highest BCUT2D eigenvalue weighted by molar-refractivity contribution is 5.71. The largest absolute Gasteiger partial charge is 0.462 e. The van der Waals surface area contributed by atoms with Crippen LogP contribution < -0.4 is 0 Å². The molecule has 0 heterocycles. The summed E-state index contributed by atoms with van der Waals surface area (Å²) in [6.07, 6.45) is 95.7. The molecule has 0 aromatic rings. The van der Waals surface area contributed by atoms with Crippen LogP contribution in [0.4, 0.5) is 0 Å². The van der Waals surface area contributed by atoms with Gasteiger partial charge in [0.15, 0.2) is 6.10 Å². The molecule has 0 aromatic heterocycles. The van der Waals surface area contributed by atoms with Crippen molar-refractivity contribution in [2.45, 2.75) is 361 Å². The van der Waals surface area contributed by atoms with Crippen molar-refractivity contribution in [2.24, 2.45) is 0 Å². The average Bonchev–Trinajstić information content (AvgIpc) is 3.49. The molecule has 0 N–H and O–H groups in total. The number of unbranched alkanes of at least 4 members (excludes halogenated alkanes) is 38. The fourth-order valence-electron chi connectivity index (χ4n) is 10.2. The number of rotatable bonds is 65. The Morgan fingerprint density at radius 1 is 0.253 bits per heavy atom. The Balaban J connectivity index is 4.39. The molecule has 0 saturated heterocycles. The Hall–Kier alpha value is -3.67. The minimum absolute atomic E-state index is 0.0829. The Kier molecular flexibility index (Phi) is 67.7. The van der Waals surface area contributed by atoms with Gasteiger partial charge in [-0.15, -0.1) is 0 Å². The van der Waals surface area contributed by atoms with Gasteiger partial charge in [0.2, 0.25) is 0 Å². The zero-order valence-corrected chi connectivity index (χ0v) is 54.9. The standard InChI is InChI=1S/C77H134O6/c1-4-7-10-13-16-19-22-25-28-31-34-36-38-40-43-46-49-52-55-58-61-64-67-70-76(79)82-73-74(72-81-75(78)69-66-63-60-57-54-51-48-45-42-33-30-27-24-21-18-15-12-9-6-3)83-77(80)71-68-65-62-59-56-53-50-47-44-41-39-37-35-32-29-26-23-20-17-14-11-8-5-2/h7,10,16,18-19,21,25,27-28,30,32,34-36,42,45,74H,4-6,8-9,11-15,17,20,22-24,26,29,31,33,37-41,43-44,46-73H2,1-3H3/b10-7-,19-16-,21-18-,28-25-,30-27-,35-32-,36-34-,45-42-. The Bertz CT molecular complexity index is 1610. The molecule has 478 valence electrons. The molecule has 0 radical (unpaired) electrons. The van der Waals surface area contributed by atoms with Crippen molar-refractivity contribution >= 4 is 17.9 Å². The molecule has 0 spiro atoms. The fourth-order valence-corrected chi connectivity index (χ4v) is 10.2. The van der Waals surface area contributed by atoms with Crippen LogP contribution in [0.3, 0.4) is 0 Å². The van der Waals surface area contributed by atoms with Crippen LogP contribution >= 0.6 is 0 Å². The maximum Gasteiger partial charge on any atom is 0.306 e. The van der Waals surface area contributed by atoms with E-state index >= 15 is 0 Å². The van der Waals surface area contributed by atoms with E-state index in [1.54, 1.807) is 0 Å². The summed E-state index contributed by atoms with van der Waals surface area (Å²) >= 11 is 0. The Morgan fingerprint density at radius 3 is 0.771 bits per heavy atom. The third kappa shape index (κ3) is 69.0. The van der Waals surface area contributed by atoms with E-state index in [2.05, 4.69) is 118 Å². The molecule has 0 aliphatic rings. The summed E-state index contributed by atoms with van der Waals surface area (Å²) in [4.78, 5) is 38.5. The molecule has 83 heavy (non-hydrogen) atoms. The third-order valence-corrected chi connectivity index (χ3v) is 15.5. The lowest BCUT2D eigenvalue weighted by atomic mass is 10.0. The normalized spacial score (nSPS) is 12.7. The van der Waals surface area contributed by atoms with Crippen LogP contribution in [0.1, 0.15) is 355 Å².